The summed E-state index contributed by atoms with van der Waals surface area (Å²) in [5, 5.41) is 0. The first-order chi connectivity index (χ1) is 8.49. The quantitative estimate of drug-likeness (QED) is 0.823. The van der Waals surface area contributed by atoms with Gasteiger partial charge in [-0.15, -0.1) is 0 Å². The number of benzene rings is 1. The van der Waals surface area contributed by atoms with Crippen LogP contribution in [0.5, 0.6) is 0 Å². The molecule has 0 amide bonds. The Balaban J connectivity index is 2.09. The van der Waals surface area contributed by atoms with E-state index in [1.165, 1.54) is 6.07 Å². The summed E-state index contributed by atoms with van der Waals surface area (Å²) in [5.74, 6) is 1.87. The third-order valence-electron chi connectivity index (χ3n) is 2.85. The van der Waals surface area contributed by atoms with Gasteiger partial charge in [0.2, 0.25) is 10.0 Å². The molecule has 1 atom stereocenters. The van der Waals surface area contributed by atoms with Crippen molar-refractivity contribution in [3.8, 4) is 0 Å². The Labute approximate surface area is 110 Å². The van der Waals surface area contributed by atoms with Crippen LogP contribution in [0.15, 0.2) is 23.1 Å². The van der Waals surface area contributed by atoms with Crippen molar-refractivity contribution < 1.29 is 12.8 Å². The van der Waals surface area contributed by atoms with Crippen LogP contribution < -0.4 is 10.5 Å². The molecule has 1 heterocycles. The molecule has 1 aliphatic heterocycles. The third-order valence-corrected chi connectivity index (χ3v) is 5.58. The highest BCUT2D eigenvalue weighted by Crippen LogP contribution is 2.24. The molecular weight excluding hydrogens is 275 g/mol. The van der Waals surface area contributed by atoms with Crippen LogP contribution in [-0.4, -0.2) is 26.5 Å². The number of nitrogen functional groups attached to an aromatic ring is 1. The fraction of sp³-hybridized carbons (Fsp3) is 0.455. The minimum atomic E-state index is -3.65. The smallest absolute Gasteiger partial charge is 0.242 e. The number of anilines is 1. The number of hydrogen-bond acceptors (Lipinski definition) is 4. The number of hydrogen-bond donors (Lipinski definition) is 2. The fourth-order valence-corrected chi connectivity index (χ4v) is 4.33. The molecule has 1 aromatic rings. The molecule has 1 aliphatic rings. The molecule has 18 heavy (non-hydrogen) atoms. The molecule has 1 saturated heterocycles. The Morgan fingerprint density at radius 2 is 2.28 bits per heavy atom. The van der Waals surface area contributed by atoms with Crippen molar-refractivity contribution in [2.24, 2.45) is 5.92 Å². The number of halogens is 1. The molecule has 1 fully saturated rings. The van der Waals surface area contributed by atoms with E-state index in [1.807, 2.05) is 11.8 Å². The second kappa shape index (κ2) is 5.46. The van der Waals surface area contributed by atoms with Crippen molar-refractivity contribution in [3.05, 3.63) is 24.0 Å². The van der Waals surface area contributed by atoms with E-state index in [9.17, 15) is 12.8 Å². The summed E-state index contributed by atoms with van der Waals surface area (Å²) in [6, 6.07) is 3.30. The van der Waals surface area contributed by atoms with Gasteiger partial charge in [0, 0.05) is 6.54 Å². The molecule has 0 bridgehead atoms. The van der Waals surface area contributed by atoms with Crippen molar-refractivity contribution in [3.63, 3.8) is 0 Å². The SMILES string of the molecule is Nc1cc(F)ccc1S(=O)(=O)NCC1CCSC1. The van der Waals surface area contributed by atoms with Gasteiger partial charge in [0.15, 0.2) is 0 Å². The topological polar surface area (TPSA) is 72.2 Å². The second-order valence-electron chi connectivity index (χ2n) is 4.26. The average Bonchev–Trinajstić information content (AvgIpc) is 2.78. The van der Waals surface area contributed by atoms with Gasteiger partial charge in [-0.3, -0.25) is 0 Å². The Kier molecular flexibility index (Phi) is 4.14. The van der Waals surface area contributed by atoms with Crippen LogP contribution >= 0.6 is 11.8 Å². The minimum absolute atomic E-state index is 0.0606. The Hall–Kier alpha value is -0.790. The Morgan fingerprint density at radius 1 is 1.50 bits per heavy atom. The summed E-state index contributed by atoms with van der Waals surface area (Å²) in [7, 11) is -3.65. The Bertz CT molecular complexity index is 528. The van der Waals surface area contributed by atoms with E-state index >= 15 is 0 Å². The molecule has 100 valence electrons. The molecule has 1 unspecified atom stereocenters. The van der Waals surface area contributed by atoms with E-state index < -0.39 is 15.8 Å². The molecule has 0 saturated carbocycles. The maximum absolute atomic E-state index is 12.9. The number of nitrogens with one attached hydrogen (secondary N) is 1. The lowest BCUT2D eigenvalue weighted by Gasteiger charge is -2.12. The normalized spacial score (nSPS) is 20.2. The van der Waals surface area contributed by atoms with Gasteiger partial charge in [0.25, 0.3) is 0 Å². The first kappa shape index (κ1) is 13.6. The van der Waals surface area contributed by atoms with Crippen LogP contribution in [0.2, 0.25) is 0 Å². The fourth-order valence-electron chi connectivity index (χ4n) is 1.81. The monoisotopic (exact) mass is 290 g/mol. The van der Waals surface area contributed by atoms with E-state index in [0.717, 1.165) is 30.1 Å². The molecule has 1 aromatic carbocycles. The average molecular weight is 290 g/mol. The summed E-state index contributed by atoms with van der Waals surface area (Å²) < 4.78 is 39.4. The highest BCUT2D eigenvalue weighted by Gasteiger charge is 2.21. The van der Waals surface area contributed by atoms with Crippen molar-refractivity contribution in [1.82, 2.24) is 4.72 Å². The lowest BCUT2D eigenvalue weighted by molar-refractivity contribution is 0.546. The van der Waals surface area contributed by atoms with Gasteiger partial charge in [0.1, 0.15) is 10.7 Å². The summed E-state index contributed by atoms with van der Waals surface area (Å²) in [4.78, 5) is -0.0606. The maximum atomic E-state index is 12.9. The highest BCUT2D eigenvalue weighted by molar-refractivity contribution is 7.99. The van der Waals surface area contributed by atoms with Crippen LogP contribution in [0.4, 0.5) is 10.1 Å². The molecule has 0 spiro atoms. The molecule has 0 aromatic heterocycles. The van der Waals surface area contributed by atoms with Crippen molar-refractivity contribution in [1.29, 1.82) is 0 Å². The minimum Gasteiger partial charge on any atom is -0.398 e. The van der Waals surface area contributed by atoms with E-state index in [-0.39, 0.29) is 10.6 Å². The summed E-state index contributed by atoms with van der Waals surface area (Å²) in [6.45, 7) is 0.409. The maximum Gasteiger partial charge on any atom is 0.242 e. The van der Waals surface area contributed by atoms with Gasteiger partial charge in [-0.1, -0.05) is 0 Å². The van der Waals surface area contributed by atoms with Crippen LogP contribution in [-0.2, 0) is 10.0 Å². The van der Waals surface area contributed by atoms with Crippen LogP contribution in [0, 0.1) is 11.7 Å². The van der Waals surface area contributed by atoms with Gasteiger partial charge in [-0.05, 0) is 42.0 Å². The number of nitrogens with two attached hydrogens (primary N) is 1. The molecule has 2 rings (SSSR count). The van der Waals surface area contributed by atoms with E-state index in [4.69, 9.17) is 5.73 Å². The van der Waals surface area contributed by atoms with Gasteiger partial charge in [-0.2, -0.15) is 11.8 Å². The first-order valence-electron chi connectivity index (χ1n) is 5.61. The molecule has 7 heteroatoms. The number of rotatable bonds is 4. The zero-order chi connectivity index (χ0) is 13.2. The second-order valence-corrected chi connectivity index (χ2v) is 7.15. The largest absolute Gasteiger partial charge is 0.398 e. The first-order valence-corrected chi connectivity index (χ1v) is 8.25. The molecule has 4 nitrogen and oxygen atoms in total. The van der Waals surface area contributed by atoms with E-state index in [0.29, 0.717) is 12.5 Å². The molecule has 0 aliphatic carbocycles. The van der Waals surface area contributed by atoms with Crippen LogP contribution in [0.3, 0.4) is 0 Å². The van der Waals surface area contributed by atoms with Crippen LogP contribution in [0.25, 0.3) is 0 Å². The molecular formula is C11H15FN2O2S2. The Morgan fingerprint density at radius 3 is 2.89 bits per heavy atom. The van der Waals surface area contributed by atoms with Crippen molar-refractivity contribution in [2.75, 3.05) is 23.8 Å². The predicted molar refractivity (Wildman–Crippen MR) is 71.4 cm³/mol. The lowest BCUT2D eigenvalue weighted by Crippen LogP contribution is -2.30. The molecule has 0 radical (unpaired) electrons. The van der Waals surface area contributed by atoms with Crippen molar-refractivity contribution >= 4 is 27.5 Å². The van der Waals surface area contributed by atoms with Gasteiger partial charge >= 0.3 is 0 Å². The zero-order valence-electron chi connectivity index (χ0n) is 9.73. The summed E-state index contributed by atoms with van der Waals surface area (Å²) in [5.41, 5.74) is 5.46. The van der Waals surface area contributed by atoms with E-state index in [1.54, 1.807) is 0 Å². The molecule has 3 N–H and O–H groups in total. The summed E-state index contributed by atoms with van der Waals surface area (Å²) >= 11 is 1.82. The van der Waals surface area contributed by atoms with Crippen molar-refractivity contribution in [2.45, 2.75) is 11.3 Å². The van der Waals surface area contributed by atoms with Crippen LogP contribution in [0.1, 0.15) is 6.42 Å². The van der Waals surface area contributed by atoms with Gasteiger partial charge in [0.05, 0.1) is 5.69 Å². The summed E-state index contributed by atoms with van der Waals surface area (Å²) in [6.07, 6.45) is 1.02. The number of thioether (sulfide) groups is 1. The standard InChI is InChI=1S/C11H15FN2O2S2/c12-9-1-2-11(10(13)5-9)18(15,16)14-6-8-3-4-17-7-8/h1-2,5,8,14H,3-4,6-7,13H2. The highest BCUT2D eigenvalue weighted by atomic mass is 32.2. The number of sulfonamides is 1. The lowest BCUT2D eigenvalue weighted by atomic mass is 10.1. The predicted octanol–water partition coefficient (Wildman–Crippen LogP) is 1.44. The van der Waals surface area contributed by atoms with E-state index in [2.05, 4.69) is 4.72 Å². The zero-order valence-corrected chi connectivity index (χ0v) is 11.4. The van der Waals surface area contributed by atoms with Gasteiger partial charge in [-0.25, -0.2) is 17.5 Å². The third kappa shape index (κ3) is 3.15. The van der Waals surface area contributed by atoms with Gasteiger partial charge < -0.3 is 5.73 Å².